The Bertz CT molecular complexity index is 724. The smallest absolute Gasteiger partial charge is 0.223 e. The molecular weight excluding hydrogens is 398 g/mol. The molecule has 2 aromatic rings. The zero-order valence-electron chi connectivity index (χ0n) is 15.0. The third-order valence-electron chi connectivity index (χ3n) is 4.67. The fourth-order valence-electron chi connectivity index (χ4n) is 3.34. The van der Waals surface area contributed by atoms with Gasteiger partial charge in [0.25, 0.3) is 0 Å². The minimum atomic E-state index is -0.486. The summed E-state index contributed by atoms with van der Waals surface area (Å²) < 4.78 is 11.8. The number of benzene rings is 1. The lowest BCUT2D eigenvalue weighted by Gasteiger charge is -2.35. The molecule has 0 aliphatic heterocycles. The molecule has 0 saturated heterocycles. The number of rotatable bonds is 7. The molecule has 1 aliphatic rings. The van der Waals surface area contributed by atoms with E-state index >= 15 is 0 Å². The predicted octanol–water partition coefficient (Wildman–Crippen LogP) is 4.28. The predicted molar refractivity (Wildman–Crippen MR) is 101 cm³/mol. The second-order valence-corrected chi connectivity index (χ2v) is 7.65. The van der Waals surface area contributed by atoms with Crippen molar-refractivity contribution in [1.82, 2.24) is 15.5 Å². The number of nitrogens with one attached hydrogen (secondary N) is 1. The standard InChI is InChI=1S/C19H24BrN3O3/c1-14-21-18(23-26-14)19(11-3-2-4-12-19)22-17(24)6-5-13-25-16-9-7-15(20)8-10-16/h7-10H,2-6,11-13H2,1H3,(H,22,24). The van der Waals surface area contributed by atoms with E-state index in [1.807, 2.05) is 24.3 Å². The van der Waals surface area contributed by atoms with E-state index in [1.165, 1.54) is 6.42 Å². The summed E-state index contributed by atoms with van der Waals surface area (Å²) >= 11 is 3.39. The van der Waals surface area contributed by atoms with Crippen LogP contribution in [0.4, 0.5) is 0 Å². The molecule has 0 unspecified atom stereocenters. The van der Waals surface area contributed by atoms with Crippen molar-refractivity contribution in [1.29, 1.82) is 0 Å². The lowest BCUT2D eigenvalue weighted by atomic mass is 9.81. The highest BCUT2D eigenvalue weighted by Crippen LogP contribution is 2.35. The number of aryl methyl sites for hydroxylation is 1. The zero-order chi connectivity index (χ0) is 18.4. The van der Waals surface area contributed by atoms with E-state index in [0.29, 0.717) is 31.2 Å². The van der Waals surface area contributed by atoms with Crippen LogP contribution in [0.2, 0.25) is 0 Å². The maximum absolute atomic E-state index is 12.5. The van der Waals surface area contributed by atoms with Gasteiger partial charge in [-0.2, -0.15) is 4.98 Å². The van der Waals surface area contributed by atoms with Crippen LogP contribution in [0.1, 0.15) is 56.7 Å². The monoisotopic (exact) mass is 421 g/mol. The highest BCUT2D eigenvalue weighted by Gasteiger charge is 2.39. The van der Waals surface area contributed by atoms with Crippen molar-refractivity contribution in [2.45, 2.75) is 57.4 Å². The Morgan fingerprint density at radius 1 is 1.27 bits per heavy atom. The molecule has 1 aromatic carbocycles. The molecule has 0 atom stereocenters. The molecular formula is C19H24BrN3O3. The summed E-state index contributed by atoms with van der Waals surface area (Å²) in [7, 11) is 0. The van der Waals surface area contributed by atoms with Crippen molar-refractivity contribution < 1.29 is 14.1 Å². The van der Waals surface area contributed by atoms with Gasteiger partial charge >= 0.3 is 0 Å². The molecule has 6 nitrogen and oxygen atoms in total. The Hall–Kier alpha value is -1.89. The van der Waals surface area contributed by atoms with Crippen LogP contribution >= 0.6 is 15.9 Å². The molecule has 1 heterocycles. The molecule has 26 heavy (non-hydrogen) atoms. The summed E-state index contributed by atoms with van der Waals surface area (Å²) in [4.78, 5) is 16.9. The van der Waals surface area contributed by atoms with Gasteiger partial charge in [-0.25, -0.2) is 0 Å². The van der Waals surface area contributed by atoms with Crippen LogP contribution in [0.25, 0.3) is 0 Å². The van der Waals surface area contributed by atoms with Crippen LogP contribution in [0.3, 0.4) is 0 Å². The fourth-order valence-corrected chi connectivity index (χ4v) is 3.60. The molecule has 0 radical (unpaired) electrons. The summed E-state index contributed by atoms with van der Waals surface area (Å²) in [5, 5.41) is 7.26. The van der Waals surface area contributed by atoms with Gasteiger partial charge in [0.1, 0.15) is 11.3 Å². The Kier molecular flexibility index (Phi) is 6.29. The summed E-state index contributed by atoms with van der Waals surface area (Å²) in [6.45, 7) is 2.28. The maximum Gasteiger partial charge on any atom is 0.223 e. The van der Waals surface area contributed by atoms with E-state index in [-0.39, 0.29) is 5.91 Å². The molecule has 0 bridgehead atoms. The maximum atomic E-state index is 12.5. The fraction of sp³-hybridized carbons (Fsp3) is 0.526. The normalized spacial score (nSPS) is 16.2. The first kappa shape index (κ1) is 18.9. The highest BCUT2D eigenvalue weighted by atomic mass is 79.9. The topological polar surface area (TPSA) is 77.2 Å². The van der Waals surface area contributed by atoms with E-state index in [2.05, 4.69) is 31.4 Å². The number of aromatic nitrogens is 2. The van der Waals surface area contributed by atoms with Crippen LogP contribution in [0, 0.1) is 6.92 Å². The SMILES string of the molecule is Cc1nc(C2(NC(=O)CCCOc3ccc(Br)cc3)CCCCC2)no1. The summed E-state index contributed by atoms with van der Waals surface area (Å²) in [6, 6.07) is 7.67. The Morgan fingerprint density at radius 2 is 2.00 bits per heavy atom. The molecule has 0 spiro atoms. The number of carbonyl (C=O) groups excluding carboxylic acids is 1. The van der Waals surface area contributed by atoms with Crippen LogP contribution in [-0.2, 0) is 10.3 Å². The second-order valence-electron chi connectivity index (χ2n) is 6.73. The lowest BCUT2D eigenvalue weighted by Crippen LogP contribution is -2.48. The zero-order valence-corrected chi connectivity index (χ0v) is 16.5. The third kappa shape index (κ3) is 4.84. The van der Waals surface area contributed by atoms with Crippen LogP contribution in [-0.4, -0.2) is 22.7 Å². The quantitative estimate of drug-likeness (QED) is 0.675. The van der Waals surface area contributed by atoms with E-state index in [0.717, 1.165) is 35.9 Å². The first-order chi connectivity index (χ1) is 12.6. The number of carbonyl (C=O) groups is 1. The van der Waals surface area contributed by atoms with Crippen molar-refractivity contribution in [3.8, 4) is 5.75 Å². The second kappa shape index (κ2) is 8.66. The van der Waals surface area contributed by atoms with Crippen molar-refractivity contribution in [2.24, 2.45) is 0 Å². The van der Waals surface area contributed by atoms with Crippen molar-refractivity contribution in [2.75, 3.05) is 6.61 Å². The largest absolute Gasteiger partial charge is 0.494 e. The lowest BCUT2D eigenvalue weighted by molar-refractivity contribution is -0.124. The molecule has 7 heteroatoms. The average Bonchev–Trinajstić information content (AvgIpc) is 3.08. The Labute approximate surface area is 161 Å². The van der Waals surface area contributed by atoms with Crippen LogP contribution in [0.5, 0.6) is 5.75 Å². The number of ether oxygens (including phenoxy) is 1. The van der Waals surface area contributed by atoms with E-state index < -0.39 is 5.54 Å². The third-order valence-corrected chi connectivity index (χ3v) is 5.20. The summed E-state index contributed by atoms with van der Waals surface area (Å²) in [6.07, 6.45) is 6.06. The van der Waals surface area contributed by atoms with Crippen LogP contribution < -0.4 is 10.1 Å². The van der Waals surface area contributed by atoms with E-state index in [4.69, 9.17) is 9.26 Å². The number of hydrogen-bond acceptors (Lipinski definition) is 5. The van der Waals surface area contributed by atoms with Gasteiger partial charge in [-0.3, -0.25) is 4.79 Å². The van der Waals surface area contributed by atoms with Crippen molar-refractivity contribution in [3.05, 3.63) is 40.5 Å². The highest BCUT2D eigenvalue weighted by molar-refractivity contribution is 9.10. The van der Waals surface area contributed by atoms with Gasteiger partial charge in [0.05, 0.1) is 6.61 Å². The van der Waals surface area contributed by atoms with Crippen molar-refractivity contribution in [3.63, 3.8) is 0 Å². The average molecular weight is 422 g/mol. The molecule has 1 amide bonds. The summed E-state index contributed by atoms with van der Waals surface area (Å²) in [5.41, 5.74) is -0.486. The van der Waals surface area contributed by atoms with Crippen molar-refractivity contribution >= 4 is 21.8 Å². The number of nitrogens with zero attached hydrogens (tertiary/aromatic N) is 2. The first-order valence-electron chi connectivity index (χ1n) is 9.08. The van der Waals surface area contributed by atoms with E-state index in [9.17, 15) is 4.79 Å². The molecule has 1 aliphatic carbocycles. The minimum absolute atomic E-state index is 0.00811. The Balaban J connectivity index is 1.51. The Morgan fingerprint density at radius 3 is 2.65 bits per heavy atom. The first-order valence-corrected chi connectivity index (χ1v) is 9.87. The van der Waals surface area contributed by atoms with Gasteiger partial charge in [-0.15, -0.1) is 0 Å². The minimum Gasteiger partial charge on any atom is -0.494 e. The molecule has 140 valence electrons. The summed E-state index contributed by atoms with van der Waals surface area (Å²) in [5.74, 6) is 1.95. The molecule has 1 saturated carbocycles. The van der Waals surface area contributed by atoms with Crippen LogP contribution in [0.15, 0.2) is 33.3 Å². The number of halogens is 1. The van der Waals surface area contributed by atoms with Gasteiger partial charge < -0.3 is 14.6 Å². The molecule has 1 N–H and O–H groups in total. The van der Waals surface area contributed by atoms with Gasteiger partial charge in [0.2, 0.25) is 11.8 Å². The van der Waals surface area contributed by atoms with E-state index in [1.54, 1.807) is 6.92 Å². The van der Waals surface area contributed by atoms with Gasteiger partial charge in [0.15, 0.2) is 5.82 Å². The molecule has 1 aromatic heterocycles. The van der Waals surface area contributed by atoms with Gasteiger partial charge in [-0.1, -0.05) is 40.3 Å². The molecule has 1 fully saturated rings. The number of amides is 1. The van der Waals surface area contributed by atoms with Gasteiger partial charge in [-0.05, 0) is 43.5 Å². The molecule has 3 rings (SSSR count). The number of hydrogen-bond donors (Lipinski definition) is 1. The van der Waals surface area contributed by atoms with Gasteiger partial charge in [0, 0.05) is 17.8 Å².